The van der Waals surface area contributed by atoms with Gasteiger partial charge in [0.15, 0.2) is 0 Å². The summed E-state index contributed by atoms with van der Waals surface area (Å²) >= 11 is 0. The molecule has 0 aliphatic rings. The maximum absolute atomic E-state index is 11.9. The number of rotatable bonds is 36. The number of nitrogens with zero attached hydrogens (tertiary/aromatic N) is 1. The van der Waals surface area contributed by atoms with E-state index < -0.39 is 20.5 Å². The van der Waals surface area contributed by atoms with Crippen LogP contribution in [0.4, 0.5) is 0 Å². The topological polar surface area (TPSA) is 102 Å². The highest BCUT2D eigenvalue weighted by atomic mass is 31.2. The van der Waals surface area contributed by atoms with Gasteiger partial charge in [-0.2, -0.15) is 0 Å². The van der Waals surface area contributed by atoms with Crippen molar-refractivity contribution in [3.63, 3.8) is 0 Å². The Labute approximate surface area is 302 Å². The first kappa shape index (κ1) is 47.7. The lowest BCUT2D eigenvalue weighted by Gasteiger charge is -2.24. The number of carbonyl (C=O) groups is 1. The molecule has 0 bridgehead atoms. The van der Waals surface area contributed by atoms with Crippen LogP contribution >= 0.6 is 7.82 Å². The molecule has 2 N–H and O–H groups in total. The summed E-state index contributed by atoms with van der Waals surface area (Å²) in [6.07, 6.45) is 41.8. The molecule has 0 saturated carbocycles. The van der Waals surface area contributed by atoms with Crippen molar-refractivity contribution in [2.24, 2.45) is 0 Å². The molecule has 0 rings (SSSR count). The van der Waals surface area contributed by atoms with Crippen LogP contribution in [0.5, 0.6) is 0 Å². The molecule has 2 atom stereocenters. The van der Waals surface area contributed by atoms with Gasteiger partial charge in [-0.3, -0.25) is 13.8 Å². The van der Waals surface area contributed by atoms with Gasteiger partial charge in [0.1, 0.15) is 25.9 Å². The van der Waals surface area contributed by atoms with E-state index in [0.29, 0.717) is 17.4 Å². The van der Waals surface area contributed by atoms with Crippen LogP contribution in [0.25, 0.3) is 0 Å². The number of phosphoric acid groups is 1. The molecule has 0 aliphatic heterocycles. The summed E-state index contributed by atoms with van der Waals surface area (Å²) in [6, 6.07) is 0. The number of phosphoric ester groups is 1. The maximum Gasteiger partial charge on any atom is 0.472 e. The number of allylic oxidation sites excluding steroid dienone is 6. The first-order valence-corrected chi connectivity index (χ1v) is 21.3. The highest BCUT2D eigenvalue weighted by Gasteiger charge is 2.24. The number of aliphatic hydroxyl groups is 1. The van der Waals surface area contributed by atoms with Crippen LogP contribution in [0.3, 0.4) is 0 Å². The summed E-state index contributed by atoms with van der Waals surface area (Å²) in [5, 5.41) is 9.90. The highest BCUT2D eigenvalue weighted by molar-refractivity contribution is 7.47. The normalized spacial score (nSPS) is 14.3. The lowest BCUT2D eigenvalue weighted by Crippen LogP contribution is -2.37. The number of hydrogen-bond donors (Lipinski definition) is 2. The Hall–Kier alpha value is -1.28. The van der Waals surface area contributed by atoms with E-state index in [2.05, 4.69) is 43.4 Å². The monoisotopic (exact) mass is 715 g/mol. The fourth-order valence-electron chi connectivity index (χ4n) is 5.25. The number of hydrogen-bond acceptors (Lipinski definition) is 6. The minimum atomic E-state index is -4.25. The number of carbonyl (C=O) groups excluding carboxylic acids is 1. The van der Waals surface area contributed by atoms with Crippen LogP contribution in [-0.4, -0.2) is 74.1 Å². The number of unbranched alkanes of at least 4 members (excludes halogenated alkanes) is 19. The zero-order valence-corrected chi connectivity index (χ0v) is 33.1. The summed E-state index contributed by atoms with van der Waals surface area (Å²) in [7, 11) is 1.56. The molecule has 0 spiro atoms. The minimum Gasteiger partial charge on any atom is -0.463 e. The molecule has 288 valence electrons. The molecule has 0 radical (unpaired) electrons. The Morgan fingerprint density at radius 1 is 0.633 bits per heavy atom. The van der Waals surface area contributed by atoms with Gasteiger partial charge in [-0.25, -0.2) is 4.57 Å². The van der Waals surface area contributed by atoms with Crippen LogP contribution in [0.2, 0.25) is 0 Å². The third-order valence-corrected chi connectivity index (χ3v) is 9.39. The fourth-order valence-corrected chi connectivity index (χ4v) is 6.00. The lowest BCUT2D eigenvalue weighted by molar-refractivity contribution is -0.870. The van der Waals surface area contributed by atoms with E-state index in [9.17, 15) is 19.4 Å². The number of quaternary nitrogens is 1. The van der Waals surface area contributed by atoms with Crippen LogP contribution in [-0.2, 0) is 23.1 Å². The third-order valence-electron chi connectivity index (χ3n) is 8.40. The smallest absolute Gasteiger partial charge is 0.463 e. The standard InChI is InChI=1S/C40H76NO7P/c1-5-6-7-8-9-10-11-12-13-14-15-16-17-18-19-20-21-22-23-24-25-26-27-28-29-30-31-32-33-34-40(43)46-37-39(42)38-48-49(44,45)47-36-35-41(2,3)4/h11-12,14-15,17-18,39,42H,5-10,13,16,19-38H2,1-4H3/p+1/b12-11-,15-14-,18-17-. The van der Waals surface area contributed by atoms with Crippen molar-refractivity contribution in [1.82, 2.24) is 0 Å². The van der Waals surface area contributed by atoms with E-state index in [1.165, 1.54) is 116 Å². The van der Waals surface area contributed by atoms with Crippen molar-refractivity contribution in [3.05, 3.63) is 36.5 Å². The van der Waals surface area contributed by atoms with Gasteiger partial charge < -0.3 is 19.2 Å². The summed E-state index contributed by atoms with van der Waals surface area (Å²) < 4.78 is 27.2. The molecular weight excluding hydrogens is 637 g/mol. The minimum absolute atomic E-state index is 0.0541. The van der Waals surface area contributed by atoms with Gasteiger partial charge in [0.25, 0.3) is 0 Å². The van der Waals surface area contributed by atoms with Gasteiger partial charge in [0.2, 0.25) is 0 Å². The van der Waals surface area contributed by atoms with Gasteiger partial charge in [-0.05, 0) is 44.9 Å². The summed E-state index contributed by atoms with van der Waals surface area (Å²) in [6.45, 7) is 2.14. The van der Waals surface area contributed by atoms with E-state index in [-0.39, 0.29) is 19.2 Å². The maximum atomic E-state index is 11.9. The molecule has 0 saturated heterocycles. The van der Waals surface area contributed by atoms with Crippen molar-refractivity contribution in [3.8, 4) is 0 Å². The van der Waals surface area contributed by atoms with E-state index in [1.54, 1.807) is 0 Å². The molecule has 9 heteroatoms. The number of aliphatic hydroxyl groups excluding tert-OH is 1. The van der Waals surface area contributed by atoms with Crippen LogP contribution in [0, 0.1) is 0 Å². The van der Waals surface area contributed by atoms with Gasteiger partial charge >= 0.3 is 13.8 Å². The SMILES string of the molecule is CCCCCCC/C=C\C/C=C\C/C=C\CCCCCCCCCCCCCCCCC(=O)OCC(O)COP(=O)(O)OCC[N+](C)(C)C. The van der Waals surface area contributed by atoms with E-state index >= 15 is 0 Å². The zero-order chi connectivity index (χ0) is 36.3. The zero-order valence-electron chi connectivity index (χ0n) is 32.2. The van der Waals surface area contributed by atoms with Crippen LogP contribution in [0.1, 0.15) is 161 Å². The molecule has 0 aromatic heterocycles. The Balaban J connectivity index is 3.43. The average Bonchev–Trinajstić information content (AvgIpc) is 3.05. The summed E-state index contributed by atoms with van der Waals surface area (Å²) in [5.41, 5.74) is 0. The largest absolute Gasteiger partial charge is 0.472 e. The molecule has 2 unspecified atom stereocenters. The number of likely N-dealkylation sites (N-methyl/N-ethyl adjacent to an activating group) is 1. The average molecular weight is 715 g/mol. The molecule has 0 aromatic rings. The summed E-state index contributed by atoms with van der Waals surface area (Å²) in [4.78, 5) is 21.6. The van der Waals surface area contributed by atoms with Crippen molar-refractivity contribution < 1.29 is 37.6 Å². The molecule has 8 nitrogen and oxygen atoms in total. The number of ether oxygens (including phenoxy) is 1. The molecule has 0 aromatic carbocycles. The van der Waals surface area contributed by atoms with E-state index in [4.69, 9.17) is 13.8 Å². The van der Waals surface area contributed by atoms with Gasteiger partial charge in [0, 0.05) is 6.42 Å². The molecule has 0 heterocycles. The Kier molecular flexibility index (Phi) is 33.0. The van der Waals surface area contributed by atoms with Crippen molar-refractivity contribution >= 4 is 13.8 Å². The molecular formula is C40H77NO7P+. The van der Waals surface area contributed by atoms with Gasteiger partial charge in [-0.15, -0.1) is 0 Å². The molecule has 0 fully saturated rings. The Morgan fingerprint density at radius 2 is 1.06 bits per heavy atom. The molecule has 49 heavy (non-hydrogen) atoms. The van der Waals surface area contributed by atoms with Crippen molar-refractivity contribution in [1.29, 1.82) is 0 Å². The van der Waals surface area contributed by atoms with Gasteiger partial charge in [0.05, 0.1) is 27.7 Å². The van der Waals surface area contributed by atoms with E-state index in [1.807, 2.05) is 21.1 Å². The second-order valence-corrected chi connectivity index (χ2v) is 16.0. The predicted octanol–water partition coefficient (Wildman–Crippen LogP) is 10.8. The highest BCUT2D eigenvalue weighted by Crippen LogP contribution is 2.43. The fraction of sp³-hybridized carbons (Fsp3) is 0.825. The second-order valence-electron chi connectivity index (χ2n) is 14.5. The summed E-state index contributed by atoms with van der Waals surface area (Å²) in [5.74, 6) is -0.372. The Morgan fingerprint density at radius 3 is 1.53 bits per heavy atom. The van der Waals surface area contributed by atoms with Crippen LogP contribution in [0.15, 0.2) is 36.5 Å². The molecule has 0 aliphatic carbocycles. The second kappa shape index (κ2) is 33.8. The lowest BCUT2D eigenvalue weighted by atomic mass is 10.0. The quantitative estimate of drug-likeness (QED) is 0.0219. The van der Waals surface area contributed by atoms with Crippen molar-refractivity contribution in [2.45, 2.75) is 167 Å². The molecule has 0 amide bonds. The third kappa shape index (κ3) is 39.4. The first-order valence-electron chi connectivity index (χ1n) is 19.8. The first-order chi connectivity index (χ1) is 23.6. The predicted molar refractivity (Wildman–Crippen MR) is 205 cm³/mol. The van der Waals surface area contributed by atoms with Gasteiger partial charge in [-0.1, -0.05) is 146 Å². The van der Waals surface area contributed by atoms with E-state index in [0.717, 1.165) is 32.1 Å². The van der Waals surface area contributed by atoms with Crippen LogP contribution < -0.4 is 0 Å². The van der Waals surface area contributed by atoms with Crippen molar-refractivity contribution in [2.75, 3.05) is 47.5 Å². The Bertz CT molecular complexity index is 884. The number of esters is 1.